The Kier molecular flexibility index (Phi) is 4.07. The number of methoxy groups -OCH3 is 2. The van der Waals surface area contributed by atoms with Crippen LogP contribution in [0.3, 0.4) is 0 Å². The van der Waals surface area contributed by atoms with Crippen molar-refractivity contribution in [1.29, 1.82) is 0 Å². The molecule has 1 aromatic carbocycles. The third-order valence-corrected chi connectivity index (χ3v) is 5.09. The smallest absolute Gasteiger partial charge is 0.181 e. The van der Waals surface area contributed by atoms with Crippen LogP contribution in [0.2, 0.25) is 0 Å². The van der Waals surface area contributed by atoms with Gasteiger partial charge in [-0.2, -0.15) is 0 Å². The second kappa shape index (κ2) is 6.14. The average molecular weight is 349 g/mol. The zero-order valence-corrected chi connectivity index (χ0v) is 14.7. The van der Waals surface area contributed by atoms with Crippen LogP contribution in [0.1, 0.15) is 6.04 Å². The molecule has 0 spiro atoms. The number of hydrogen-bond donors (Lipinski definition) is 1. The first-order valence-corrected chi connectivity index (χ1v) is 8.25. The van der Waals surface area contributed by atoms with Crippen LogP contribution in [0.5, 0.6) is 11.5 Å². The number of imidazole rings is 1. The average Bonchev–Trinajstić information content (AvgIpc) is 3.19. The summed E-state index contributed by atoms with van der Waals surface area (Å²) in [4.78, 5) is 6.44. The van der Waals surface area contributed by atoms with Crippen molar-refractivity contribution in [3.8, 4) is 11.5 Å². The molecule has 1 aromatic heterocycles. The summed E-state index contributed by atoms with van der Waals surface area (Å²) < 4.78 is 24.5. The SMILES string of the molecule is COc1cc2ncn(C3C4OCC(O4)C(N(C)C)C3O)c2cc1OC. The highest BCUT2D eigenvalue weighted by Gasteiger charge is 2.51. The van der Waals surface area contributed by atoms with E-state index in [0.717, 1.165) is 11.0 Å². The first kappa shape index (κ1) is 16.6. The first-order valence-electron chi connectivity index (χ1n) is 8.25. The second-order valence-corrected chi connectivity index (χ2v) is 6.66. The lowest BCUT2D eigenvalue weighted by Gasteiger charge is -2.41. The fourth-order valence-corrected chi connectivity index (χ4v) is 3.91. The molecule has 5 unspecified atom stereocenters. The molecule has 136 valence electrons. The summed E-state index contributed by atoms with van der Waals surface area (Å²) >= 11 is 0. The molecule has 0 saturated carbocycles. The Morgan fingerprint density at radius 3 is 2.64 bits per heavy atom. The van der Waals surface area contributed by atoms with Crippen LogP contribution in [0.15, 0.2) is 18.5 Å². The van der Waals surface area contributed by atoms with Crippen molar-refractivity contribution in [3.63, 3.8) is 0 Å². The Hall–Kier alpha value is -1.87. The van der Waals surface area contributed by atoms with Gasteiger partial charge in [-0.05, 0) is 14.1 Å². The minimum Gasteiger partial charge on any atom is -0.493 e. The fourth-order valence-electron chi connectivity index (χ4n) is 3.91. The highest BCUT2D eigenvalue weighted by molar-refractivity contribution is 5.80. The van der Waals surface area contributed by atoms with Gasteiger partial charge in [-0.25, -0.2) is 4.98 Å². The molecular weight excluding hydrogens is 326 g/mol. The summed E-state index contributed by atoms with van der Waals surface area (Å²) in [5, 5.41) is 11.0. The van der Waals surface area contributed by atoms with Gasteiger partial charge in [0.25, 0.3) is 0 Å². The van der Waals surface area contributed by atoms with Crippen molar-refractivity contribution in [2.24, 2.45) is 0 Å². The largest absolute Gasteiger partial charge is 0.493 e. The number of ether oxygens (including phenoxy) is 4. The quantitative estimate of drug-likeness (QED) is 0.868. The zero-order valence-electron chi connectivity index (χ0n) is 14.7. The van der Waals surface area contributed by atoms with Crippen LogP contribution in [0, 0.1) is 0 Å². The van der Waals surface area contributed by atoms with Crippen molar-refractivity contribution < 1.29 is 24.1 Å². The van der Waals surface area contributed by atoms with Crippen molar-refractivity contribution >= 4 is 11.0 Å². The molecule has 2 aromatic rings. The highest BCUT2D eigenvalue weighted by Crippen LogP contribution is 2.40. The third kappa shape index (κ3) is 2.48. The summed E-state index contributed by atoms with van der Waals surface area (Å²) in [6.45, 7) is 0.477. The maximum atomic E-state index is 11.0. The van der Waals surface area contributed by atoms with Gasteiger partial charge in [0.1, 0.15) is 12.1 Å². The molecule has 8 heteroatoms. The molecule has 2 saturated heterocycles. The van der Waals surface area contributed by atoms with E-state index >= 15 is 0 Å². The Morgan fingerprint density at radius 1 is 1.24 bits per heavy atom. The molecule has 3 heterocycles. The van der Waals surface area contributed by atoms with Gasteiger partial charge in [0, 0.05) is 12.1 Å². The Labute approximate surface area is 145 Å². The van der Waals surface area contributed by atoms with E-state index in [1.807, 2.05) is 35.7 Å². The van der Waals surface area contributed by atoms with Crippen LogP contribution >= 0.6 is 0 Å². The molecule has 0 aliphatic carbocycles. The Morgan fingerprint density at radius 2 is 1.96 bits per heavy atom. The van der Waals surface area contributed by atoms with Gasteiger partial charge < -0.3 is 33.5 Å². The lowest BCUT2D eigenvalue weighted by Crippen LogP contribution is -2.56. The molecule has 1 N–H and O–H groups in total. The molecular formula is C17H23N3O5. The van der Waals surface area contributed by atoms with E-state index in [1.54, 1.807) is 20.5 Å². The molecule has 25 heavy (non-hydrogen) atoms. The number of fused-ring (bicyclic) bond motifs is 3. The zero-order chi connectivity index (χ0) is 17.7. The number of rotatable bonds is 4. The topological polar surface area (TPSA) is 78.2 Å². The molecule has 5 atom stereocenters. The molecule has 2 bridgehead atoms. The number of benzene rings is 1. The minimum atomic E-state index is -0.647. The normalized spacial score (nSPS) is 31.7. The minimum absolute atomic E-state index is 0.129. The van der Waals surface area contributed by atoms with Crippen molar-refractivity contribution in [1.82, 2.24) is 14.5 Å². The Bertz CT molecular complexity index is 777. The van der Waals surface area contributed by atoms with Crippen LogP contribution in [0.25, 0.3) is 11.0 Å². The van der Waals surface area contributed by atoms with E-state index in [-0.39, 0.29) is 12.1 Å². The fraction of sp³-hybridized carbons (Fsp3) is 0.588. The number of nitrogens with zero attached hydrogens (tertiary/aromatic N) is 3. The first-order chi connectivity index (χ1) is 12.0. The van der Waals surface area contributed by atoms with Crippen molar-refractivity contribution in [2.45, 2.75) is 30.6 Å². The van der Waals surface area contributed by atoms with Gasteiger partial charge in [-0.1, -0.05) is 0 Å². The third-order valence-electron chi connectivity index (χ3n) is 5.09. The van der Waals surface area contributed by atoms with Crippen LogP contribution < -0.4 is 9.47 Å². The van der Waals surface area contributed by atoms with E-state index in [1.165, 1.54) is 0 Å². The molecule has 2 aliphatic rings. The summed E-state index contributed by atoms with van der Waals surface area (Å²) in [6.07, 6.45) is 0.430. The summed E-state index contributed by atoms with van der Waals surface area (Å²) in [6, 6.07) is 3.14. The predicted molar refractivity (Wildman–Crippen MR) is 90.0 cm³/mol. The lowest BCUT2D eigenvalue weighted by atomic mass is 9.95. The monoisotopic (exact) mass is 349 g/mol. The summed E-state index contributed by atoms with van der Waals surface area (Å²) in [7, 11) is 7.06. The van der Waals surface area contributed by atoms with E-state index in [2.05, 4.69) is 4.98 Å². The van der Waals surface area contributed by atoms with E-state index in [9.17, 15) is 5.11 Å². The van der Waals surface area contributed by atoms with Crippen LogP contribution in [-0.4, -0.2) is 79.0 Å². The number of aromatic nitrogens is 2. The van der Waals surface area contributed by atoms with E-state index in [0.29, 0.717) is 18.1 Å². The van der Waals surface area contributed by atoms with Crippen LogP contribution in [-0.2, 0) is 9.47 Å². The highest BCUT2D eigenvalue weighted by atomic mass is 16.7. The molecule has 0 radical (unpaired) electrons. The molecule has 4 rings (SSSR count). The number of likely N-dealkylation sites (N-methyl/N-ethyl adjacent to an activating group) is 1. The van der Waals surface area contributed by atoms with Crippen LogP contribution in [0.4, 0.5) is 0 Å². The Balaban J connectivity index is 1.80. The molecule has 2 aliphatic heterocycles. The maximum absolute atomic E-state index is 11.0. The van der Waals surface area contributed by atoms with Gasteiger partial charge in [0.05, 0.1) is 50.3 Å². The van der Waals surface area contributed by atoms with Crippen molar-refractivity contribution in [2.75, 3.05) is 34.9 Å². The summed E-state index contributed by atoms with van der Waals surface area (Å²) in [5.74, 6) is 1.22. The van der Waals surface area contributed by atoms with Crippen molar-refractivity contribution in [3.05, 3.63) is 18.5 Å². The molecule has 0 amide bonds. The second-order valence-electron chi connectivity index (χ2n) is 6.66. The number of aliphatic hydroxyl groups excluding tert-OH is 1. The molecule has 2 fully saturated rings. The van der Waals surface area contributed by atoms with Gasteiger partial charge in [0.2, 0.25) is 0 Å². The van der Waals surface area contributed by atoms with Gasteiger partial charge in [-0.15, -0.1) is 0 Å². The van der Waals surface area contributed by atoms with Gasteiger partial charge in [-0.3, -0.25) is 0 Å². The van der Waals surface area contributed by atoms with Gasteiger partial charge >= 0.3 is 0 Å². The summed E-state index contributed by atoms with van der Waals surface area (Å²) in [5.41, 5.74) is 1.59. The van der Waals surface area contributed by atoms with Gasteiger partial charge in [0.15, 0.2) is 17.8 Å². The molecule has 8 nitrogen and oxygen atoms in total. The van der Waals surface area contributed by atoms with E-state index in [4.69, 9.17) is 18.9 Å². The number of hydrogen-bond acceptors (Lipinski definition) is 7. The predicted octanol–water partition coefficient (Wildman–Crippen LogP) is 0.641. The standard InChI is InChI=1S/C17H23N3O5/c1-19(2)14-13-7-24-17(25-13)15(16(14)21)20-8-18-9-5-11(22-3)12(23-4)6-10(9)20/h5-6,8,13-17,21H,7H2,1-4H3. The number of aliphatic hydroxyl groups is 1. The van der Waals surface area contributed by atoms with E-state index < -0.39 is 18.4 Å². The lowest BCUT2D eigenvalue weighted by molar-refractivity contribution is -0.177. The maximum Gasteiger partial charge on any atom is 0.181 e.